The number of carboxylic acids is 1. The largest absolute Gasteiger partial charge is 0.484 e. The number of nitrogens with zero attached hydrogens (tertiary/aromatic N) is 1. The highest BCUT2D eigenvalue weighted by Crippen LogP contribution is 2.32. The zero-order valence-corrected chi connectivity index (χ0v) is 18.4. The molecule has 178 valence electrons. The summed E-state index contributed by atoms with van der Waals surface area (Å²) in [5.41, 5.74) is 5.65. The predicted octanol–water partition coefficient (Wildman–Crippen LogP) is 5.00. The van der Waals surface area contributed by atoms with Gasteiger partial charge >= 0.3 is 12.1 Å². The summed E-state index contributed by atoms with van der Waals surface area (Å²) in [6, 6.07) is 12.5. The molecule has 1 aliphatic rings. The molecule has 6 nitrogen and oxygen atoms in total. The molecule has 0 aliphatic carbocycles. The molecule has 0 unspecified atom stereocenters. The Morgan fingerprint density at radius 3 is 2.79 bits per heavy atom. The van der Waals surface area contributed by atoms with Gasteiger partial charge in [-0.15, -0.1) is 0 Å². The first-order valence-corrected chi connectivity index (χ1v) is 10.8. The van der Waals surface area contributed by atoms with E-state index in [1.165, 1.54) is 24.0 Å². The van der Waals surface area contributed by atoms with Crippen LogP contribution in [0.5, 0.6) is 5.75 Å². The number of pyridine rings is 1. The van der Waals surface area contributed by atoms with E-state index in [0.717, 1.165) is 35.2 Å². The maximum absolute atomic E-state index is 12.4. The molecule has 3 N–H and O–H groups in total. The van der Waals surface area contributed by atoms with Gasteiger partial charge in [-0.1, -0.05) is 24.3 Å². The van der Waals surface area contributed by atoms with E-state index in [9.17, 15) is 23.1 Å². The lowest BCUT2D eigenvalue weighted by atomic mass is 9.89. The summed E-state index contributed by atoms with van der Waals surface area (Å²) < 4.78 is 42.1. The number of fused-ring (bicyclic) bond motifs is 1. The standard InChI is InChI=1S/C25H24F3N3O3/c1-15-10-18(34-14-25(26,27)28)3-5-19(15)16-2-4-20-17(11-16)6-9-30-23(20)13-31-22-12-29-8-7-21(22)24(32)33/h2-5,7-8,10-12,23,30-31H,6,9,13-14H2,1H3,(H,32,33)/t23-/m1/s1. The third-order valence-corrected chi connectivity index (χ3v) is 5.76. The van der Waals surface area contributed by atoms with E-state index in [4.69, 9.17) is 4.74 Å². The van der Waals surface area contributed by atoms with Crippen LogP contribution in [0.1, 0.15) is 33.1 Å². The van der Waals surface area contributed by atoms with Gasteiger partial charge < -0.3 is 20.5 Å². The van der Waals surface area contributed by atoms with Crippen molar-refractivity contribution in [3.63, 3.8) is 0 Å². The van der Waals surface area contributed by atoms with Crippen LogP contribution < -0.4 is 15.4 Å². The quantitative estimate of drug-likeness (QED) is 0.450. The Hall–Kier alpha value is -3.59. The molecule has 2 aromatic carbocycles. The monoisotopic (exact) mass is 471 g/mol. The number of aromatic nitrogens is 1. The minimum Gasteiger partial charge on any atom is -0.484 e. The summed E-state index contributed by atoms with van der Waals surface area (Å²) in [5.74, 6) is -0.834. The van der Waals surface area contributed by atoms with E-state index >= 15 is 0 Å². The number of alkyl halides is 3. The van der Waals surface area contributed by atoms with Crippen molar-refractivity contribution >= 4 is 11.7 Å². The summed E-state index contributed by atoms with van der Waals surface area (Å²) in [5, 5.41) is 16.0. The number of anilines is 1. The summed E-state index contributed by atoms with van der Waals surface area (Å²) >= 11 is 0. The molecule has 1 atom stereocenters. The van der Waals surface area contributed by atoms with Crippen molar-refractivity contribution in [3.8, 4) is 16.9 Å². The molecule has 34 heavy (non-hydrogen) atoms. The minimum atomic E-state index is -4.38. The topological polar surface area (TPSA) is 83.5 Å². The molecule has 0 bridgehead atoms. The van der Waals surface area contributed by atoms with Crippen LogP contribution in [-0.4, -0.2) is 41.9 Å². The van der Waals surface area contributed by atoms with Gasteiger partial charge in [0.05, 0.1) is 17.4 Å². The molecule has 1 aliphatic heterocycles. The van der Waals surface area contributed by atoms with Crippen molar-refractivity contribution in [3.05, 3.63) is 77.1 Å². The lowest BCUT2D eigenvalue weighted by Gasteiger charge is -2.28. The number of benzene rings is 2. The number of aromatic carboxylic acids is 1. The summed E-state index contributed by atoms with van der Waals surface area (Å²) in [7, 11) is 0. The van der Waals surface area contributed by atoms with Gasteiger partial charge in [0.1, 0.15) is 5.75 Å². The van der Waals surface area contributed by atoms with E-state index in [1.807, 2.05) is 19.1 Å². The average Bonchev–Trinajstić information content (AvgIpc) is 2.80. The molecule has 0 radical (unpaired) electrons. The van der Waals surface area contributed by atoms with Crippen LogP contribution >= 0.6 is 0 Å². The lowest BCUT2D eigenvalue weighted by Crippen LogP contribution is -2.34. The maximum Gasteiger partial charge on any atom is 0.422 e. The van der Waals surface area contributed by atoms with E-state index in [1.54, 1.807) is 18.2 Å². The zero-order chi connectivity index (χ0) is 24.3. The van der Waals surface area contributed by atoms with Crippen molar-refractivity contribution < 1.29 is 27.8 Å². The summed E-state index contributed by atoms with van der Waals surface area (Å²) in [6.45, 7) is 1.78. The number of hydrogen-bond acceptors (Lipinski definition) is 5. The lowest BCUT2D eigenvalue weighted by molar-refractivity contribution is -0.153. The first-order chi connectivity index (χ1) is 16.2. The summed E-state index contributed by atoms with van der Waals surface area (Å²) in [6.07, 6.45) is -0.599. The number of rotatable bonds is 7. The zero-order valence-electron chi connectivity index (χ0n) is 18.4. The molecule has 1 aromatic heterocycles. The van der Waals surface area contributed by atoms with Gasteiger partial charge in [0, 0.05) is 18.8 Å². The number of ether oxygens (including phenoxy) is 1. The van der Waals surface area contributed by atoms with Crippen LogP contribution in [0.4, 0.5) is 18.9 Å². The Bertz CT molecular complexity index is 1200. The van der Waals surface area contributed by atoms with Gasteiger partial charge in [-0.05, 0) is 65.9 Å². The van der Waals surface area contributed by atoms with Crippen LogP contribution in [0.3, 0.4) is 0 Å². The molecule has 2 heterocycles. The Morgan fingerprint density at radius 1 is 1.24 bits per heavy atom. The number of carbonyl (C=O) groups is 1. The van der Waals surface area contributed by atoms with Crippen molar-refractivity contribution in [2.24, 2.45) is 0 Å². The van der Waals surface area contributed by atoms with Crippen LogP contribution in [0.15, 0.2) is 54.9 Å². The molecular formula is C25H24F3N3O3. The molecule has 0 saturated heterocycles. The number of aryl methyl sites for hydroxylation is 1. The van der Waals surface area contributed by atoms with Crippen LogP contribution in [-0.2, 0) is 6.42 Å². The molecule has 0 fully saturated rings. The number of halogens is 3. The van der Waals surface area contributed by atoms with Gasteiger partial charge in [0.25, 0.3) is 0 Å². The molecule has 0 spiro atoms. The fourth-order valence-corrected chi connectivity index (χ4v) is 4.15. The van der Waals surface area contributed by atoms with E-state index in [-0.39, 0.29) is 17.4 Å². The van der Waals surface area contributed by atoms with E-state index in [0.29, 0.717) is 12.2 Å². The molecule has 0 amide bonds. The van der Waals surface area contributed by atoms with E-state index in [2.05, 4.69) is 21.7 Å². The highest BCUT2D eigenvalue weighted by Gasteiger charge is 2.28. The van der Waals surface area contributed by atoms with Crippen molar-refractivity contribution in [1.82, 2.24) is 10.3 Å². The molecule has 3 aromatic rings. The predicted molar refractivity (Wildman–Crippen MR) is 122 cm³/mol. The Balaban J connectivity index is 1.51. The molecular weight excluding hydrogens is 447 g/mol. The SMILES string of the molecule is Cc1cc(OCC(F)(F)F)ccc1-c1ccc2c(c1)CCN[C@@H]2CNc1cnccc1C(=O)O. The average molecular weight is 471 g/mol. The highest BCUT2D eigenvalue weighted by molar-refractivity contribution is 5.93. The number of carboxylic acid groups (broad SMARTS) is 1. The van der Waals surface area contributed by atoms with Crippen LogP contribution in [0.2, 0.25) is 0 Å². The number of hydrogen-bond donors (Lipinski definition) is 3. The fraction of sp³-hybridized carbons (Fsp3) is 0.280. The second kappa shape index (κ2) is 9.72. The Morgan fingerprint density at radius 2 is 2.06 bits per heavy atom. The van der Waals surface area contributed by atoms with Gasteiger partial charge in [0.15, 0.2) is 6.61 Å². The van der Waals surface area contributed by atoms with Gasteiger partial charge in [0.2, 0.25) is 0 Å². The smallest absolute Gasteiger partial charge is 0.422 e. The number of nitrogens with one attached hydrogen (secondary N) is 2. The van der Waals surface area contributed by atoms with Crippen molar-refractivity contribution in [1.29, 1.82) is 0 Å². The normalized spacial score (nSPS) is 15.5. The van der Waals surface area contributed by atoms with Crippen molar-refractivity contribution in [2.75, 3.05) is 25.0 Å². The first kappa shape index (κ1) is 23.6. The third-order valence-electron chi connectivity index (χ3n) is 5.76. The van der Waals surface area contributed by atoms with Crippen LogP contribution in [0.25, 0.3) is 11.1 Å². The third kappa shape index (κ3) is 5.48. The van der Waals surface area contributed by atoms with E-state index < -0.39 is 18.8 Å². The first-order valence-electron chi connectivity index (χ1n) is 10.8. The molecule has 0 saturated carbocycles. The summed E-state index contributed by atoms with van der Waals surface area (Å²) in [4.78, 5) is 15.4. The molecule has 4 rings (SSSR count). The highest BCUT2D eigenvalue weighted by atomic mass is 19.4. The van der Waals surface area contributed by atoms with Gasteiger partial charge in [-0.25, -0.2) is 4.79 Å². The Labute approximate surface area is 194 Å². The minimum absolute atomic E-state index is 0.0149. The maximum atomic E-state index is 12.4. The second-order valence-electron chi connectivity index (χ2n) is 8.16. The second-order valence-corrected chi connectivity index (χ2v) is 8.16. The molecule has 9 heteroatoms. The van der Waals surface area contributed by atoms with Gasteiger partial charge in [-0.2, -0.15) is 13.2 Å². The van der Waals surface area contributed by atoms with Crippen LogP contribution in [0, 0.1) is 6.92 Å². The van der Waals surface area contributed by atoms with Crippen molar-refractivity contribution in [2.45, 2.75) is 25.6 Å². The van der Waals surface area contributed by atoms with Gasteiger partial charge in [-0.3, -0.25) is 4.98 Å². The fourth-order valence-electron chi connectivity index (χ4n) is 4.15. The Kier molecular flexibility index (Phi) is 6.74.